The molecule has 0 spiro atoms. The molecule has 0 aromatic heterocycles. The lowest BCUT2D eigenvalue weighted by atomic mass is 10.3. The predicted octanol–water partition coefficient (Wildman–Crippen LogP) is 8.54. The van der Waals surface area contributed by atoms with Gasteiger partial charge in [-0.2, -0.15) is 0 Å². The summed E-state index contributed by atoms with van der Waals surface area (Å²) < 4.78 is 41.1. The molecule has 0 amide bonds. The van der Waals surface area contributed by atoms with Gasteiger partial charge in [-0.15, -0.1) is 0 Å². The Morgan fingerprint density at radius 1 is 0.333 bits per heavy atom. The van der Waals surface area contributed by atoms with Gasteiger partial charge in [-0.1, -0.05) is 55.4 Å². The Kier molecular flexibility index (Phi) is 17.8. The van der Waals surface area contributed by atoms with E-state index >= 15 is 0 Å². The third-order valence-electron chi connectivity index (χ3n) is 7.51. The summed E-state index contributed by atoms with van der Waals surface area (Å²) in [7, 11) is -6.43. The molecule has 0 saturated carbocycles. The normalized spacial score (nSPS) is 22.5. The van der Waals surface area contributed by atoms with Gasteiger partial charge < -0.3 is 26.6 Å². The minimum absolute atomic E-state index is 0.0250. The van der Waals surface area contributed by atoms with Crippen LogP contribution in [0.1, 0.15) is 135 Å². The van der Waals surface area contributed by atoms with E-state index in [1.165, 1.54) is 0 Å². The quantitative estimate of drug-likeness (QED) is 0.133. The Hall–Kier alpha value is 0.194. The topological polar surface area (TPSA) is 55.4 Å². The molecule has 0 aliphatic heterocycles. The molecule has 6 nitrogen and oxygen atoms in total. The van der Waals surface area contributed by atoms with Gasteiger partial charge in [-0.3, -0.25) is 0 Å². The van der Waals surface area contributed by atoms with E-state index in [1.54, 1.807) is 0 Å². The summed E-state index contributed by atoms with van der Waals surface area (Å²) in [6, 6.07) is 0. The molecule has 8 atom stereocenters. The second kappa shape index (κ2) is 17.7. The van der Waals surface area contributed by atoms with Gasteiger partial charge in [-0.05, 0) is 80.1 Å². The van der Waals surface area contributed by atoms with Crippen molar-refractivity contribution in [2.45, 2.75) is 183 Å². The van der Waals surface area contributed by atoms with Crippen molar-refractivity contribution in [3.63, 3.8) is 0 Å². The van der Waals surface area contributed by atoms with Crippen molar-refractivity contribution in [2.75, 3.05) is 0 Å². The molecule has 0 aliphatic rings. The van der Waals surface area contributed by atoms with Gasteiger partial charge >= 0.3 is 17.6 Å². The van der Waals surface area contributed by atoms with E-state index in [0.29, 0.717) is 0 Å². The molecule has 0 N–H and O–H groups in total. The van der Waals surface area contributed by atoms with Crippen molar-refractivity contribution in [3.05, 3.63) is 0 Å². The molecule has 0 saturated heterocycles. The van der Waals surface area contributed by atoms with Crippen LogP contribution in [0, 0.1) is 0 Å². The molecule has 218 valence electrons. The number of rotatable bonds is 21. The lowest BCUT2D eigenvalue weighted by Gasteiger charge is -2.46. The van der Waals surface area contributed by atoms with Gasteiger partial charge in [-0.25, -0.2) is 0 Å². The number of hydrogen-bond acceptors (Lipinski definition) is 6. The fourth-order valence-electron chi connectivity index (χ4n) is 3.61. The minimum Gasteiger partial charge on any atom is -0.370 e. The average molecular weight is 551 g/mol. The fourth-order valence-corrected chi connectivity index (χ4v) is 12.0. The number of hydrogen-bond donors (Lipinski definition) is 0. The third kappa shape index (κ3) is 11.1. The van der Waals surface area contributed by atoms with Crippen LogP contribution in [-0.4, -0.2) is 54.2 Å². The summed E-state index contributed by atoms with van der Waals surface area (Å²) in [6.45, 7) is 30.0. The maximum absolute atomic E-state index is 6.85. The Balaban J connectivity index is 6.87. The molecule has 0 rings (SSSR count). The van der Waals surface area contributed by atoms with Crippen molar-refractivity contribution in [1.29, 1.82) is 0 Å². The maximum atomic E-state index is 6.85. The van der Waals surface area contributed by atoms with Crippen LogP contribution in [0.3, 0.4) is 0 Å². The first-order valence-corrected chi connectivity index (χ1v) is 18.5. The van der Waals surface area contributed by atoms with E-state index in [2.05, 4.69) is 96.9 Å². The molecule has 0 radical (unpaired) electrons. The lowest BCUT2D eigenvalue weighted by Crippen LogP contribution is -2.61. The van der Waals surface area contributed by atoms with E-state index in [1.807, 2.05) is 0 Å². The summed E-state index contributed by atoms with van der Waals surface area (Å²) in [6.07, 6.45) is 5.50. The summed E-state index contributed by atoms with van der Waals surface area (Å²) in [5, 5.41) is 0. The maximum Gasteiger partial charge on any atom is 0.504 e. The van der Waals surface area contributed by atoms with Crippen LogP contribution < -0.4 is 0 Å². The van der Waals surface area contributed by atoms with Crippen molar-refractivity contribution in [3.8, 4) is 0 Å². The first kappa shape index (κ1) is 36.2. The Morgan fingerprint density at radius 3 is 0.583 bits per heavy atom. The minimum atomic E-state index is -3.21. The van der Waals surface area contributed by atoms with E-state index in [9.17, 15) is 0 Å². The van der Waals surface area contributed by atoms with Crippen molar-refractivity contribution >= 4 is 17.6 Å². The van der Waals surface area contributed by atoms with E-state index in [4.69, 9.17) is 26.6 Å². The van der Waals surface area contributed by atoms with Crippen LogP contribution in [-0.2, 0) is 26.6 Å². The van der Waals surface area contributed by atoms with Gasteiger partial charge in [0.15, 0.2) is 0 Å². The van der Waals surface area contributed by atoms with Crippen LogP contribution in [0.4, 0.5) is 0 Å². The SMILES string of the molecule is CCC(C)O[Si](OC(C)CC)(OC(C)CC)C(C)C(C)[Si](OC(C)CC)(OC(C)CC)OC(C)CC. The van der Waals surface area contributed by atoms with E-state index < -0.39 is 17.6 Å². The molecule has 8 heteroatoms. The second-order valence-corrected chi connectivity index (χ2v) is 16.5. The van der Waals surface area contributed by atoms with Crippen LogP contribution in [0.15, 0.2) is 0 Å². The van der Waals surface area contributed by atoms with Crippen molar-refractivity contribution in [2.24, 2.45) is 0 Å². The van der Waals surface area contributed by atoms with Crippen LogP contribution in [0.5, 0.6) is 0 Å². The molecule has 36 heavy (non-hydrogen) atoms. The second-order valence-electron chi connectivity index (χ2n) is 10.8. The summed E-state index contributed by atoms with van der Waals surface area (Å²) in [5.74, 6) is 0. The Bertz CT molecular complexity index is 456. The highest BCUT2D eigenvalue weighted by Gasteiger charge is 2.61. The molecule has 0 heterocycles. The molecule has 0 aromatic carbocycles. The molecule has 0 aromatic rings. The Morgan fingerprint density at radius 2 is 0.472 bits per heavy atom. The molecule has 0 fully saturated rings. The molecule has 0 bridgehead atoms. The van der Waals surface area contributed by atoms with Crippen molar-refractivity contribution in [1.82, 2.24) is 0 Å². The summed E-state index contributed by atoms with van der Waals surface area (Å²) >= 11 is 0. The molecule has 0 aliphatic carbocycles. The van der Waals surface area contributed by atoms with Gasteiger partial charge in [0.05, 0.1) is 0 Å². The van der Waals surface area contributed by atoms with E-state index in [0.717, 1.165) is 38.5 Å². The third-order valence-corrected chi connectivity index (χ3v) is 15.5. The summed E-state index contributed by atoms with van der Waals surface area (Å²) in [5.41, 5.74) is -0.142. The zero-order valence-electron chi connectivity index (χ0n) is 26.3. The smallest absolute Gasteiger partial charge is 0.370 e. The fraction of sp³-hybridized carbons (Fsp3) is 1.00. The highest BCUT2D eigenvalue weighted by atomic mass is 28.4. The van der Waals surface area contributed by atoms with Crippen LogP contribution in [0.25, 0.3) is 0 Å². The van der Waals surface area contributed by atoms with E-state index in [-0.39, 0.29) is 47.7 Å². The highest BCUT2D eigenvalue weighted by Crippen LogP contribution is 2.46. The first-order chi connectivity index (χ1) is 16.8. The predicted molar refractivity (Wildman–Crippen MR) is 155 cm³/mol. The standard InChI is InChI=1S/C28H62O6Si2/c1-15-21(7)29-35(30-22(8)16-2,31-23(9)17-3)27(13)28(14)36(32-24(10)18-4,33-25(11)19-5)34-26(12)20-6/h21-28H,15-20H2,1-14H3. The monoisotopic (exact) mass is 550 g/mol. The van der Waals surface area contributed by atoms with Gasteiger partial charge in [0.25, 0.3) is 0 Å². The first-order valence-electron chi connectivity index (χ1n) is 14.9. The molecular weight excluding hydrogens is 488 g/mol. The molecular formula is C28H62O6Si2. The summed E-state index contributed by atoms with van der Waals surface area (Å²) in [4.78, 5) is 0. The van der Waals surface area contributed by atoms with Crippen molar-refractivity contribution < 1.29 is 26.6 Å². The van der Waals surface area contributed by atoms with Gasteiger partial charge in [0.2, 0.25) is 0 Å². The highest BCUT2D eigenvalue weighted by molar-refractivity contribution is 6.69. The molecule has 8 unspecified atom stereocenters. The average Bonchev–Trinajstić information content (AvgIpc) is 2.86. The Labute approximate surface area is 227 Å². The van der Waals surface area contributed by atoms with Gasteiger partial charge in [0, 0.05) is 47.7 Å². The van der Waals surface area contributed by atoms with Crippen LogP contribution in [0.2, 0.25) is 11.1 Å². The zero-order valence-corrected chi connectivity index (χ0v) is 28.3. The lowest BCUT2D eigenvalue weighted by molar-refractivity contribution is -0.0341. The van der Waals surface area contributed by atoms with Crippen LogP contribution >= 0.6 is 0 Å². The zero-order chi connectivity index (χ0) is 28.1. The largest absolute Gasteiger partial charge is 0.504 e. The van der Waals surface area contributed by atoms with Gasteiger partial charge in [0.1, 0.15) is 0 Å².